The number of hydrogen-bond donors (Lipinski definition) is 2. The Morgan fingerprint density at radius 2 is 2.14 bits per heavy atom. The second kappa shape index (κ2) is 6.97. The predicted octanol–water partition coefficient (Wildman–Crippen LogP) is 2.15. The van der Waals surface area contributed by atoms with Crippen LogP contribution in [0.4, 0.5) is 5.69 Å². The van der Waals surface area contributed by atoms with Crippen molar-refractivity contribution in [3.8, 4) is 0 Å². The first kappa shape index (κ1) is 15.9. The van der Waals surface area contributed by atoms with Gasteiger partial charge in [-0.1, -0.05) is 6.92 Å². The van der Waals surface area contributed by atoms with Crippen molar-refractivity contribution in [1.29, 1.82) is 0 Å². The van der Waals surface area contributed by atoms with Crippen LogP contribution < -0.4 is 10.0 Å². The van der Waals surface area contributed by atoms with Gasteiger partial charge in [-0.05, 0) is 19.4 Å². The van der Waals surface area contributed by atoms with E-state index >= 15 is 0 Å². The Kier molecular flexibility index (Phi) is 5.27. The minimum atomic E-state index is -3.62. The molecule has 0 bridgehead atoms. The summed E-state index contributed by atoms with van der Waals surface area (Å²) in [6.45, 7) is 4.84. The maximum absolute atomic E-state index is 12.4. The molecule has 0 spiro atoms. The van der Waals surface area contributed by atoms with E-state index in [1.54, 1.807) is 18.5 Å². The fraction of sp³-hybridized carbons (Fsp3) is 0.385. The number of sulfonamides is 1. The number of aromatic nitrogens is 2. The van der Waals surface area contributed by atoms with E-state index in [0.717, 1.165) is 16.3 Å². The fourth-order valence-electron chi connectivity index (χ4n) is 1.72. The van der Waals surface area contributed by atoms with E-state index in [-0.39, 0.29) is 11.4 Å². The molecule has 0 aliphatic rings. The number of aryl methyl sites for hydroxylation is 1. The Morgan fingerprint density at radius 3 is 2.81 bits per heavy atom. The van der Waals surface area contributed by atoms with E-state index in [4.69, 9.17) is 0 Å². The molecule has 0 amide bonds. The molecule has 0 saturated heterocycles. The molecular formula is C13H18N4O2S2. The Hall–Kier alpha value is -1.51. The van der Waals surface area contributed by atoms with E-state index in [9.17, 15) is 8.42 Å². The number of nitrogens with one attached hydrogen (secondary N) is 2. The monoisotopic (exact) mass is 326 g/mol. The van der Waals surface area contributed by atoms with Crippen molar-refractivity contribution in [2.45, 2.75) is 31.7 Å². The van der Waals surface area contributed by atoms with Crippen molar-refractivity contribution in [3.05, 3.63) is 34.5 Å². The second-order valence-electron chi connectivity index (χ2n) is 4.49. The van der Waals surface area contributed by atoms with Gasteiger partial charge in [0.1, 0.15) is 9.90 Å². The quantitative estimate of drug-likeness (QED) is 0.814. The number of nitrogens with zero attached hydrogens (tertiary/aromatic N) is 2. The van der Waals surface area contributed by atoms with Crippen LogP contribution in [0.1, 0.15) is 23.2 Å². The third-order valence-electron chi connectivity index (χ3n) is 2.72. The molecule has 0 saturated carbocycles. The summed E-state index contributed by atoms with van der Waals surface area (Å²) in [6.07, 6.45) is 5.56. The second-order valence-corrected chi connectivity index (χ2v) is 7.54. The van der Waals surface area contributed by atoms with E-state index in [1.807, 2.05) is 13.8 Å². The molecule has 2 aromatic heterocycles. The molecule has 114 valence electrons. The molecule has 0 unspecified atom stereocenters. The van der Waals surface area contributed by atoms with Crippen LogP contribution in [0.5, 0.6) is 0 Å². The van der Waals surface area contributed by atoms with Gasteiger partial charge < -0.3 is 5.32 Å². The Labute approximate surface area is 128 Å². The van der Waals surface area contributed by atoms with Crippen LogP contribution in [0.3, 0.4) is 0 Å². The largest absolute Gasteiger partial charge is 0.384 e. The minimum absolute atomic E-state index is 0.159. The van der Waals surface area contributed by atoms with E-state index in [2.05, 4.69) is 20.0 Å². The van der Waals surface area contributed by atoms with Crippen LogP contribution in [-0.2, 0) is 16.6 Å². The Bertz CT molecular complexity index is 698. The standard InChI is InChI=1S/C13H18N4O2S2/c1-3-5-15-11-4-6-14-8-12(11)21(18,19)17-9-13-16-7-10(2)20-13/h4,6-8,17H,3,5,9H2,1-2H3,(H,14,15). The molecule has 2 heterocycles. The van der Waals surface area contributed by atoms with Crippen molar-refractivity contribution in [2.75, 3.05) is 11.9 Å². The molecule has 0 fully saturated rings. The van der Waals surface area contributed by atoms with Crippen molar-refractivity contribution in [1.82, 2.24) is 14.7 Å². The van der Waals surface area contributed by atoms with Gasteiger partial charge in [0.15, 0.2) is 0 Å². The Balaban J connectivity index is 2.15. The van der Waals surface area contributed by atoms with Crippen LogP contribution >= 0.6 is 11.3 Å². The Morgan fingerprint density at radius 1 is 1.33 bits per heavy atom. The maximum Gasteiger partial charge on any atom is 0.244 e. The highest BCUT2D eigenvalue weighted by molar-refractivity contribution is 7.89. The van der Waals surface area contributed by atoms with E-state index in [0.29, 0.717) is 12.2 Å². The van der Waals surface area contributed by atoms with Gasteiger partial charge in [-0.25, -0.2) is 18.1 Å². The van der Waals surface area contributed by atoms with Gasteiger partial charge >= 0.3 is 0 Å². The number of hydrogen-bond acceptors (Lipinski definition) is 6. The predicted molar refractivity (Wildman–Crippen MR) is 83.9 cm³/mol. The molecule has 0 atom stereocenters. The van der Waals surface area contributed by atoms with Crippen molar-refractivity contribution in [2.24, 2.45) is 0 Å². The minimum Gasteiger partial charge on any atom is -0.384 e. The SMILES string of the molecule is CCCNc1ccncc1S(=O)(=O)NCc1ncc(C)s1. The van der Waals surface area contributed by atoms with Crippen LogP contribution in [-0.4, -0.2) is 24.9 Å². The number of anilines is 1. The van der Waals surface area contributed by atoms with Crippen LogP contribution in [0.15, 0.2) is 29.6 Å². The maximum atomic E-state index is 12.4. The topological polar surface area (TPSA) is 84.0 Å². The molecule has 2 rings (SSSR count). The third-order valence-corrected chi connectivity index (χ3v) is 5.06. The molecule has 0 aliphatic heterocycles. The summed E-state index contributed by atoms with van der Waals surface area (Å²) >= 11 is 1.47. The molecular weight excluding hydrogens is 308 g/mol. The van der Waals surface area contributed by atoms with E-state index < -0.39 is 10.0 Å². The van der Waals surface area contributed by atoms with Gasteiger partial charge in [0.05, 0.1) is 12.2 Å². The molecule has 8 heteroatoms. The lowest BCUT2D eigenvalue weighted by molar-refractivity contribution is 0.581. The zero-order chi connectivity index (χ0) is 15.3. The van der Waals surface area contributed by atoms with Gasteiger partial charge in [-0.3, -0.25) is 4.98 Å². The number of thiazole rings is 1. The van der Waals surface area contributed by atoms with Crippen molar-refractivity contribution >= 4 is 27.0 Å². The smallest absolute Gasteiger partial charge is 0.244 e. The molecule has 2 N–H and O–H groups in total. The third kappa shape index (κ3) is 4.23. The first-order valence-corrected chi connectivity index (χ1v) is 8.91. The van der Waals surface area contributed by atoms with Gasteiger partial charge in [0.2, 0.25) is 10.0 Å². The lowest BCUT2D eigenvalue weighted by Gasteiger charge is -2.11. The highest BCUT2D eigenvalue weighted by Crippen LogP contribution is 2.20. The molecule has 0 aromatic carbocycles. The average Bonchev–Trinajstić information content (AvgIpc) is 2.89. The highest BCUT2D eigenvalue weighted by atomic mass is 32.2. The molecule has 0 radical (unpaired) electrons. The van der Waals surface area contributed by atoms with Crippen molar-refractivity contribution in [3.63, 3.8) is 0 Å². The van der Waals surface area contributed by atoms with Gasteiger partial charge in [0, 0.05) is 30.0 Å². The fourth-order valence-corrected chi connectivity index (χ4v) is 3.65. The summed E-state index contributed by atoms with van der Waals surface area (Å²) in [5, 5.41) is 3.84. The zero-order valence-electron chi connectivity index (χ0n) is 12.0. The van der Waals surface area contributed by atoms with E-state index in [1.165, 1.54) is 17.5 Å². The summed E-state index contributed by atoms with van der Waals surface area (Å²) < 4.78 is 27.3. The average molecular weight is 326 g/mol. The summed E-state index contributed by atoms with van der Waals surface area (Å²) in [4.78, 5) is 9.26. The number of pyridine rings is 1. The normalized spacial score (nSPS) is 11.5. The van der Waals surface area contributed by atoms with Crippen LogP contribution in [0.2, 0.25) is 0 Å². The lowest BCUT2D eigenvalue weighted by Crippen LogP contribution is -2.24. The zero-order valence-corrected chi connectivity index (χ0v) is 13.6. The summed E-state index contributed by atoms with van der Waals surface area (Å²) in [5.74, 6) is 0. The van der Waals surface area contributed by atoms with Gasteiger partial charge in [-0.15, -0.1) is 11.3 Å². The highest BCUT2D eigenvalue weighted by Gasteiger charge is 2.19. The summed E-state index contributed by atoms with van der Waals surface area (Å²) in [7, 11) is -3.62. The molecule has 2 aromatic rings. The molecule has 6 nitrogen and oxygen atoms in total. The van der Waals surface area contributed by atoms with Gasteiger partial charge in [0.25, 0.3) is 0 Å². The van der Waals surface area contributed by atoms with Gasteiger partial charge in [-0.2, -0.15) is 0 Å². The first-order valence-electron chi connectivity index (χ1n) is 6.62. The van der Waals surface area contributed by atoms with Crippen LogP contribution in [0.25, 0.3) is 0 Å². The summed E-state index contributed by atoms with van der Waals surface area (Å²) in [5.41, 5.74) is 0.565. The lowest BCUT2D eigenvalue weighted by atomic mass is 10.4. The molecule has 21 heavy (non-hydrogen) atoms. The van der Waals surface area contributed by atoms with Crippen LogP contribution in [0, 0.1) is 6.92 Å². The van der Waals surface area contributed by atoms with Crippen molar-refractivity contribution < 1.29 is 8.42 Å². The number of rotatable bonds is 7. The summed E-state index contributed by atoms with van der Waals surface area (Å²) in [6, 6.07) is 1.66. The molecule has 0 aliphatic carbocycles. The first-order chi connectivity index (χ1) is 10.0.